The highest BCUT2D eigenvalue weighted by atomic mass is 16.6. The lowest BCUT2D eigenvalue weighted by Crippen LogP contribution is -2.50. The maximum atomic E-state index is 12.7. The molecule has 3 rings (SSSR count). The minimum Gasteiger partial charge on any atom is -0.366 e. The average Bonchev–Trinajstić information content (AvgIpc) is 2.62. The number of piperidine rings is 1. The Balaban J connectivity index is 1.60. The van der Waals surface area contributed by atoms with Crippen molar-refractivity contribution in [1.29, 1.82) is 0 Å². The second kappa shape index (κ2) is 7.17. The molecule has 0 saturated carbocycles. The summed E-state index contributed by atoms with van der Waals surface area (Å²) in [6.07, 6.45) is 1.52. The third-order valence-corrected chi connectivity index (χ3v) is 5.08. The fourth-order valence-corrected chi connectivity index (χ4v) is 3.54. The number of carbonyl (C=O) groups excluding carboxylic acids is 1. The lowest BCUT2D eigenvalue weighted by molar-refractivity contribution is -0.384. The lowest BCUT2D eigenvalue weighted by Gasteiger charge is -2.38. The number of nitro benzene ring substituents is 1. The smallest absolute Gasteiger partial charge is 0.292 e. The van der Waals surface area contributed by atoms with Crippen LogP contribution in [-0.4, -0.2) is 66.9 Å². The van der Waals surface area contributed by atoms with E-state index >= 15 is 0 Å². The van der Waals surface area contributed by atoms with E-state index in [1.807, 2.05) is 15.9 Å². The maximum Gasteiger partial charge on any atom is 0.292 e. The predicted molar refractivity (Wildman–Crippen MR) is 92.1 cm³/mol. The van der Waals surface area contributed by atoms with Gasteiger partial charge in [-0.3, -0.25) is 14.9 Å². The van der Waals surface area contributed by atoms with E-state index in [1.54, 1.807) is 12.1 Å². The van der Waals surface area contributed by atoms with E-state index in [9.17, 15) is 14.9 Å². The van der Waals surface area contributed by atoms with Gasteiger partial charge in [-0.1, -0.05) is 12.1 Å². The highest BCUT2D eigenvalue weighted by Gasteiger charge is 2.31. The molecule has 0 aromatic heterocycles. The Kier molecular flexibility index (Phi) is 4.99. The molecule has 1 aromatic rings. The van der Waals surface area contributed by atoms with Gasteiger partial charge in [0.05, 0.1) is 4.92 Å². The van der Waals surface area contributed by atoms with Crippen LogP contribution in [0.4, 0.5) is 11.4 Å². The first-order valence-corrected chi connectivity index (χ1v) is 8.52. The van der Waals surface area contributed by atoms with Gasteiger partial charge in [-0.2, -0.15) is 0 Å². The van der Waals surface area contributed by atoms with E-state index in [1.165, 1.54) is 6.07 Å². The zero-order valence-electron chi connectivity index (χ0n) is 14.1. The van der Waals surface area contributed by atoms with Gasteiger partial charge in [0.1, 0.15) is 5.69 Å². The minimum absolute atomic E-state index is 0.0485. The number of benzene rings is 1. The monoisotopic (exact) mass is 332 g/mol. The largest absolute Gasteiger partial charge is 0.366 e. The van der Waals surface area contributed by atoms with Gasteiger partial charge in [0.2, 0.25) is 5.91 Å². The fourth-order valence-electron chi connectivity index (χ4n) is 3.54. The van der Waals surface area contributed by atoms with Crippen LogP contribution in [-0.2, 0) is 4.79 Å². The maximum absolute atomic E-state index is 12.7. The molecule has 0 unspecified atom stereocenters. The quantitative estimate of drug-likeness (QED) is 0.621. The Morgan fingerprint density at radius 2 is 1.71 bits per heavy atom. The number of likely N-dealkylation sites (N-methyl/N-ethyl adjacent to an activating group) is 1. The standard InChI is InChI=1S/C17H24N4O3/c1-18-10-12-20(13-11-18)17(22)14-6-8-19(9-7-14)15-4-2-3-5-16(15)21(23)24/h2-5,14H,6-13H2,1H3. The number of piperazine rings is 1. The molecule has 0 atom stereocenters. The van der Waals surface area contributed by atoms with Gasteiger partial charge in [-0.05, 0) is 26.0 Å². The number of amides is 1. The third kappa shape index (κ3) is 3.51. The summed E-state index contributed by atoms with van der Waals surface area (Å²) in [7, 11) is 2.08. The number of anilines is 1. The van der Waals surface area contributed by atoms with E-state index in [2.05, 4.69) is 11.9 Å². The Morgan fingerprint density at radius 1 is 1.08 bits per heavy atom. The van der Waals surface area contributed by atoms with Crippen molar-refractivity contribution in [2.75, 3.05) is 51.2 Å². The number of hydrogen-bond acceptors (Lipinski definition) is 5. The van der Waals surface area contributed by atoms with Crippen molar-refractivity contribution in [3.05, 3.63) is 34.4 Å². The molecule has 7 nitrogen and oxygen atoms in total. The zero-order chi connectivity index (χ0) is 17.1. The first-order chi connectivity index (χ1) is 11.6. The average molecular weight is 332 g/mol. The van der Waals surface area contributed by atoms with Gasteiger partial charge in [0.25, 0.3) is 5.69 Å². The fraction of sp³-hybridized carbons (Fsp3) is 0.588. The van der Waals surface area contributed by atoms with Crippen molar-refractivity contribution in [1.82, 2.24) is 9.80 Å². The summed E-state index contributed by atoms with van der Waals surface area (Å²) >= 11 is 0. The summed E-state index contributed by atoms with van der Waals surface area (Å²) in [6.45, 7) is 4.85. The second-order valence-corrected chi connectivity index (χ2v) is 6.64. The molecule has 24 heavy (non-hydrogen) atoms. The molecule has 0 radical (unpaired) electrons. The lowest BCUT2D eigenvalue weighted by atomic mass is 9.94. The Labute approximate surface area is 142 Å². The van der Waals surface area contributed by atoms with Crippen LogP contribution in [0.25, 0.3) is 0 Å². The van der Waals surface area contributed by atoms with Crippen molar-refractivity contribution in [3.63, 3.8) is 0 Å². The van der Waals surface area contributed by atoms with Gasteiger partial charge in [0, 0.05) is 51.3 Å². The first-order valence-electron chi connectivity index (χ1n) is 8.52. The summed E-state index contributed by atoms with van der Waals surface area (Å²) in [5, 5.41) is 11.2. The molecule has 2 heterocycles. The van der Waals surface area contributed by atoms with E-state index < -0.39 is 0 Å². The minimum atomic E-state index is -0.337. The highest BCUT2D eigenvalue weighted by molar-refractivity contribution is 5.79. The van der Waals surface area contributed by atoms with Crippen LogP contribution in [0.15, 0.2) is 24.3 Å². The molecular formula is C17H24N4O3. The van der Waals surface area contributed by atoms with Gasteiger partial charge < -0.3 is 14.7 Å². The Hall–Kier alpha value is -2.15. The first kappa shape index (κ1) is 16.7. The highest BCUT2D eigenvalue weighted by Crippen LogP contribution is 2.31. The van der Waals surface area contributed by atoms with Crippen LogP contribution in [0.3, 0.4) is 0 Å². The number of carbonyl (C=O) groups is 1. The van der Waals surface area contributed by atoms with E-state index in [4.69, 9.17) is 0 Å². The summed E-state index contributed by atoms with van der Waals surface area (Å²) in [5.74, 6) is 0.303. The summed E-state index contributed by atoms with van der Waals surface area (Å²) < 4.78 is 0. The topological polar surface area (TPSA) is 69.9 Å². The van der Waals surface area contributed by atoms with Crippen LogP contribution < -0.4 is 4.90 Å². The molecule has 2 aliphatic heterocycles. The van der Waals surface area contributed by atoms with Crippen LogP contribution in [0.5, 0.6) is 0 Å². The second-order valence-electron chi connectivity index (χ2n) is 6.64. The van der Waals surface area contributed by atoms with Crippen molar-refractivity contribution in [2.24, 2.45) is 5.92 Å². The number of nitrogens with zero attached hydrogens (tertiary/aromatic N) is 4. The van der Waals surface area contributed by atoms with Gasteiger partial charge in [-0.15, -0.1) is 0 Å². The Morgan fingerprint density at radius 3 is 2.33 bits per heavy atom. The number of nitro groups is 1. The van der Waals surface area contributed by atoms with Gasteiger partial charge in [-0.25, -0.2) is 0 Å². The normalized spacial score (nSPS) is 20.2. The van der Waals surface area contributed by atoms with Crippen molar-refractivity contribution < 1.29 is 9.72 Å². The number of hydrogen-bond donors (Lipinski definition) is 0. The van der Waals surface area contributed by atoms with Crippen LogP contribution in [0.2, 0.25) is 0 Å². The van der Waals surface area contributed by atoms with Crippen molar-refractivity contribution in [3.8, 4) is 0 Å². The molecular weight excluding hydrogens is 308 g/mol. The van der Waals surface area contributed by atoms with Crippen LogP contribution in [0, 0.1) is 16.0 Å². The predicted octanol–water partition coefficient (Wildman–Crippen LogP) is 1.59. The molecule has 0 bridgehead atoms. The molecule has 0 aliphatic carbocycles. The molecule has 1 amide bonds. The van der Waals surface area contributed by atoms with Gasteiger partial charge in [0.15, 0.2) is 0 Å². The summed E-state index contributed by atoms with van der Waals surface area (Å²) in [4.78, 5) is 29.8. The molecule has 130 valence electrons. The summed E-state index contributed by atoms with van der Waals surface area (Å²) in [6, 6.07) is 6.84. The van der Waals surface area contributed by atoms with E-state index in [-0.39, 0.29) is 22.4 Å². The summed E-state index contributed by atoms with van der Waals surface area (Å²) in [5.41, 5.74) is 0.800. The molecule has 2 aliphatic rings. The molecule has 2 fully saturated rings. The molecule has 0 N–H and O–H groups in total. The molecule has 2 saturated heterocycles. The molecule has 0 spiro atoms. The number of rotatable bonds is 3. The van der Waals surface area contributed by atoms with E-state index in [0.29, 0.717) is 18.8 Å². The number of para-hydroxylation sites is 2. The zero-order valence-corrected chi connectivity index (χ0v) is 14.1. The Bertz CT molecular complexity index is 606. The van der Waals surface area contributed by atoms with Crippen LogP contribution in [0.1, 0.15) is 12.8 Å². The van der Waals surface area contributed by atoms with Gasteiger partial charge >= 0.3 is 0 Å². The van der Waals surface area contributed by atoms with E-state index in [0.717, 1.165) is 39.0 Å². The third-order valence-electron chi connectivity index (χ3n) is 5.08. The van der Waals surface area contributed by atoms with Crippen LogP contribution >= 0.6 is 0 Å². The molecule has 7 heteroatoms. The van der Waals surface area contributed by atoms with Crippen molar-refractivity contribution >= 4 is 17.3 Å². The molecule has 1 aromatic carbocycles. The van der Waals surface area contributed by atoms with Crippen molar-refractivity contribution in [2.45, 2.75) is 12.8 Å². The SMILES string of the molecule is CN1CCN(C(=O)C2CCN(c3ccccc3[N+](=O)[O-])CC2)CC1.